The summed E-state index contributed by atoms with van der Waals surface area (Å²) in [6.45, 7) is 0.661. The van der Waals surface area contributed by atoms with Gasteiger partial charge in [-0.2, -0.15) is 0 Å². The molecule has 0 bridgehead atoms. The van der Waals surface area contributed by atoms with Gasteiger partial charge in [-0.25, -0.2) is 4.68 Å². The highest BCUT2D eigenvalue weighted by atomic mass is 15.4. The smallest absolute Gasteiger partial charge is 0.113 e. The SMILES string of the molecule is c1ccc(-c2ccccc2-c2cn(Cc3cccnc3)nn2)cc1. The normalized spacial score (nSPS) is 10.7. The summed E-state index contributed by atoms with van der Waals surface area (Å²) in [7, 11) is 0. The van der Waals surface area contributed by atoms with Gasteiger partial charge in [0.1, 0.15) is 5.69 Å². The summed E-state index contributed by atoms with van der Waals surface area (Å²) in [5.41, 5.74) is 5.39. The standard InChI is InChI=1S/C20H16N4/c1-2-8-17(9-3-1)18-10-4-5-11-19(18)20-15-24(23-22-20)14-16-7-6-12-21-13-16/h1-13,15H,14H2. The highest BCUT2D eigenvalue weighted by Crippen LogP contribution is 2.30. The molecule has 0 spiro atoms. The third-order valence-corrected chi connectivity index (χ3v) is 3.89. The van der Waals surface area contributed by atoms with Crippen molar-refractivity contribution in [1.82, 2.24) is 20.0 Å². The van der Waals surface area contributed by atoms with E-state index in [1.165, 1.54) is 5.56 Å². The van der Waals surface area contributed by atoms with Crippen LogP contribution < -0.4 is 0 Å². The first-order valence-electron chi connectivity index (χ1n) is 7.84. The van der Waals surface area contributed by atoms with Crippen LogP contribution in [0.4, 0.5) is 0 Å². The lowest BCUT2D eigenvalue weighted by Gasteiger charge is -2.07. The Hall–Kier alpha value is -3.27. The quantitative estimate of drug-likeness (QED) is 0.571. The maximum Gasteiger partial charge on any atom is 0.113 e. The molecule has 0 radical (unpaired) electrons. The van der Waals surface area contributed by atoms with Gasteiger partial charge in [-0.1, -0.05) is 65.9 Å². The summed E-state index contributed by atoms with van der Waals surface area (Å²) in [6.07, 6.45) is 5.60. The van der Waals surface area contributed by atoms with Crippen LogP contribution in [-0.2, 0) is 6.54 Å². The fourth-order valence-electron chi connectivity index (χ4n) is 2.75. The molecule has 0 atom stereocenters. The van der Waals surface area contributed by atoms with E-state index in [1.807, 2.05) is 59.5 Å². The zero-order valence-electron chi connectivity index (χ0n) is 13.1. The van der Waals surface area contributed by atoms with Crippen LogP contribution in [0.5, 0.6) is 0 Å². The Morgan fingerprint density at radius 1 is 0.792 bits per heavy atom. The Kier molecular flexibility index (Phi) is 3.86. The number of benzene rings is 2. The molecule has 0 fully saturated rings. The Balaban J connectivity index is 1.68. The van der Waals surface area contributed by atoms with Gasteiger partial charge in [0.25, 0.3) is 0 Å². The molecule has 0 amide bonds. The topological polar surface area (TPSA) is 43.6 Å². The van der Waals surface area contributed by atoms with Gasteiger partial charge in [-0.3, -0.25) is 4.98 Å². The van der Waals surface area contributed by atoms with Gasteiger partial charge in [0.15, 0.2) is 0 Å². The molecular weight excluding hydrogens is 296 g/mol. The maximum atomic E-state index is 4.36. The monoisotopic (exact) mass is 312 g/mol. The summed E-state index contributed by atoms with van der Waals surface area (Å²) >= 11 is 0. The molecule has 0 N–H and O–H groups in total. The van der Waals surface area contributed by atoms with E-state index in [-0.39, 0.29) is 0 Å². The van der Waals surface area contributed by atoms with Crippen LogP contribution in [0.1, 0.15) is 5.56 Å². The lowest BCUT2D eigenvalue weighted by molar-refractivity contribution is 0.648. The third kappa shape index (κ3) is 2.94. The molecule has 116 valence electrons. The van der Waals surface area contributed by atoms with Crippen LogP contribution in [0, 0.1) is 0 Å². The van der Waals surface area contributed by atoms with Crippen LogP contribution in [-0.4, -0.2) is 20.0 Å². The summed E-state index contributed by atoms with van der Waals surface area (Å²) in [5, 5.41) is 8.62. The van der Waals surface area contributed by atoms with Crippen LogP contribution in [0.2, 0.25) is 0 Å². The second-order valence-electron chi connectivity index (χ2n) is 5.57. The van der Waals surface area contributed by atoms with E-state index in [4.69, 9.17) is 0 Å². The van der Waals surface area contributed by atoms with Crippen LogP contribution in [0.15, 0.2) is 85.3 Å². The number of hydrogen-bond acceptors (Lipinski definition) is 3. The van der Waals surface area contributed by atoms with Crippen molar-refractivity contribution in [3.63, 3.8) is 0 Å². The number of hydrogen-bond donors (Lipinski definition) is 0. The van der Waals surface area contributed by atoms with Crippen molar-refractivity contribution in [3.8, 4) is 22.4 Å². The van der Waals surface area contributed by atoms with Crippen molar-refractivity contribution < 1.29 is 0 Å². The number of pyridine rings is 1. The minimum absolute atomic E-state index is 0.661. The van der Waals surface area contributed by atoms with E-state index < -0.39 is 0 Å². The Labute approximate surface area is 140 Å². The van der Waals surface area contributed by atoms with Gasteiger partial charge in [0.2, 0.25) is 0 Å². The van der Waals surface area contributed by atoms with Crippen molar-refractivity contribution in [3.05, 3.63) is 90.9 Å². The Morgan fingerprint density at radius 3 is 2.38 bits per heavy atom. The van der Waals surface area contributed by atoms with Gasteiger partial charge in [0.05, 0.1) is 12.7 Å². The van der Waals surface area contributed by atoms with Crippen molar-refractivity contribution in [2.24, 2.45) is 0 Å². The lowest BCUT2D eigenvalue weighted by Crippen LogP contribution is -2.00. The van der Waals surface area contributed by atoms with Gasteiger partial charge in [-0.05, 0) is 22.8 Å². The van der Waals surface area contributed by atoms with Crippen LogP contribution in [0.3, 0.4) is 0 Å². The molecule has 0 saturated carbocycles. The molecule has 4 heteroatoms. The van der Waals surface area contributed by atoms with Crippen molar-refractivity contribution >= 4 is 0 Å². The van der Waals surface area contributed by atoms with Crippen molar-refractivity contribution in [2.75, 3.05) is 0 Å². The predicted octanol–water partition coefficient (Wildman–Crippen LogP) is 4.06. The average molecular weight is 312 g/mol. The Morgan fingerprint density at radius 2 is 1.58 bits per heavy atom. The van der Waals surface area contributed by atoms with E-state index in [9.17, 15) is 0 Å². The first kappa shape index (κ1) is 14.3. The summed E-state index contributed by atoms with van der Waals surface area (Å²) in [6, 6.07) is 22.6. The fraction of sp³-hybridized carbons (Fsp3) is 0.0500. The molecule has 0 aliphatic carbocycles. The zero-order valence-corrected chi connectivity index (χ0v) is 13.1. The molecule has 4 rings (SSSR count). The molecule has 2 aromatic carbocycles. The molecule has 0 saturated heterocycles. The minimum atomic E-state index is 0.661. The van der Waals surface area contributed by atoms with Crippen LogP contribution >= 0.6 is 0 Å². The third-order valence-electron chi connectivity index (χ3n) is 3.89. The van der Waals surface area contributed by atoms with Crippen LogP contribution in [0.25, 0.3) is 22.4 Å². The molecule has 4 nitrogen and oxygen atoms in total. The summed E-state index contributed by atoms with van der Waals surface area (Å²) in [5.74, 6) is 0. The Bertz CT molecular complexity index is 930. The van der Waals surface area contributed by atoms with Gasteiger partial charge in [0, 0.05) is 18.0 Å². The highest BCUT2D eigenvalue weighted by molar-refractivity contribution is 5.81. The zero-order chi connectivity index (χ0) is 16.2. The van der Waals surface area contributed by atoms with E-state index in [1.54, 1.807) is 6.20 Å². The lowest BCUT2D eigenvalue weighted by atomic mass is 9.98. The van der Waals surface area contributed by atoms with E-state index >= 15 is 0 Å². The molecule has 2 heterocycles. The fourth-order valence-corrected chi connectivity index (χ4v) is 2.75. The van der Waals surface area contributed by atoms with Crippen molar-refractivity contribution in [2.45, 2.75) is 6.54 Å². The predicted molar refractivity (Wildman–Crippen MR) is 94.2 cm³/mol. The molecule has 0 aliphatic heterocycles. The number of nitrogens with zero attached hydrogens (tertiary/aromatic N) is 4. The molecule has 0 unspecified atom stereocenters. The first-order valence-corrected chi connectivity index (χ1v) is 7.84. The van der Waals surface area contributed by atoms with E-state index in [2.05, 4.69) is 39.6 Å². The second-order valence-corrected chi connectivity index (χ2v) is 5.57. The largest absolute Gasteiger partial charge is 0.264 e. The first-order chi connectivity index (χ1) is 11.9. The number of aromatic nitrogens is 4. The molecule has 2 aromatic heterocycles. The van der Waals surface area contributed by atoms with Gasteiger partial charge < -0.3 is 0 Å². The number of rotatable bonds is 4. The molecule has 0 aliphatic rings. The average Bonchev–Trinajstić information content (AvgIpc) is 3.12. The maximum absolute atomic E-state index is 4.36. The van der Waals surface area contributed by atoms with Gasteiger partial charge in [-0.15, -0.1) is 5.10 Å². The highest BCUT2D eigenvalue weighted by Gasteiger charge is 2.10. The van der Waals surface area contributed by atoms with E-state index in [0.717, 1.165) is 22.4 Å². The van der Waals surface area contributed by atoms with Crippen molar-refractivity contribution in [1.29, 1.82) is 0 Å². The molecule has 24 heavy (non-hydrogen) atoms. The second kappa shape index (κ2) is 6.46. The summed E-state index contributed by atoms with van der Waals surface area (Å²) in [4.78, 5) is 4.14. The molecule has 4 aromatic rings. The summed E-state index contributed by atoms with van der Waals surface area (Å²) < 4.78 is 1.84. The van der Waals surface area contributed by atoms with E-state index in [0.29, 0.717) is 6.54 Å². The van der Waals surface area contributed by atoms with Gasteiger partial charge >= 0.3 is 0 Å². The minimum Gasteiger partial charge on any atom is -0.264 e. The molecular formula is C20H16N4.